The summed E-state index contributed by atoms with van der Waals surface area (Å²) in [6, 6.07) is 0. The van der Waals surface area contributed by atoms with Crippen molar-refractivity contribution in [1.29, 1.82) is 0 Å². The molecule has 0 atom stereocenters. The van der Waals surface area contributed by atoms with Crippen LogP contribution in [-0.2, 0) is 22.8 Å². The molecule has 2 heterocycles. The van der Waals surface area contributed by atoms with Gasteiger partial charge in [0.25, 0.3) is 0 Å². The molecule has 102 valence electrons. The number of ether oxygens (including phenoxy) is 1. The standard InChI is InChI=1S/C11H14ClN5O2/c1-8-10(12)4-14-17(8)6-11(18)15-9-3-13-16(5-9)7-19-2/h3-5H,6-7H2,1-2H3,(H,15,18). The molecule has 2 aromatic rings. The Morgan fingerprint density at radius 2 is 2.26 bits per heavy atom. The van der Waals surface area contributed by atoms with Crippen molar-refractivity contribution in [3.8, 4) is 0 Å². The molecule has 0 aliphatic carbocycles. The molecule has 0 spiro atoms. The van der Waals surface area contributed by atoms with Crippen LogP contribution in [0.15, 0.2) is 18.6 Å². The van der Waals surface area contributed by atoms with Crippen molar-refractivity contribution in [2.24, 2.45) is 0 Å². The average molecular weight is 284 g/mol. The first-order valence-electron chi connectivity index (χ1n) is 5.59. The normalized spacial score (nSPS) is 10.7. The summed E-state index contributed by atoms with van der Waals surface area (Å²) in [5, 5.41) is 11.3. The van der Waals surface area contributed by atoms with Crippen LogP contribution in [0.3, 0.4) is 0 Å². The monoisotopic (exact) mass is 283 g/mol. The Bertz CT molecular complexity index is 577. The molecule has 7 nitrogen and oxygen atoms in total. The number of carbonyl (C=O) groups excluding carboxylic acids is 1. The number of methoxy groups -OCH3 is 1. The molecule has 0 saturated carbocycles. The van der Waals surface area contributed by atoms with Crippen molar-refractivity contribution < 1.29 is 9.53 Å². The minimum atomic E-state index is -0.195. The zero-order valence-corrected chi connectivity index (χ0v) is 11.4. The number of anilines is 1. The highest BCUT2D eigenvalue weighted by Gasteiger charge is 2.09. The second-order valence-corrected chi connectivity index (χ2v) is 4.38. The summed E-state index contributed by atoms with van der Waals surface area (Å²) in [5.41, 5.74) is 1.37. The molecule has 0 aliphatic rings. The van der Waals surface area contributed by atoms with Crippen LogP contribution >= 0.6 is 11.6 Å². The number of carbonyl (C=O) groups is 1. The third-order valence-corrected chi connectivity index (χ3v) is 2.89. The van der Waals surface area contributed by atoms with E-state index in [9.17, 15) is 4.79 Å². The van der Waals surface area contributed by atoms with Gasteiger partial charge in [0.15, 0.2) is 0 Å². The zero-order chi connectivity index (χ0) is 13.8. The third kappa shape index (κ3) is 3.33. The van der Waals surface area contributed by atoms with Gasteiger partial charge >= 0.3 is 0 Å². The molecule has 0 bridgehead atoms. The topological polar surface area (TPSA) is 74.0 Å². The quantitative estimate of drug-likeness (QED) is 0.897. The first-order valence-corrected chi connectivity index (χ1v) is 5.97. The Kier molecular flexibility index (Phi) is 4.18. The van der Waals surface area contributed by atoms with Gasteiger partial charge in [-0.25, -0.2) is 4.68 Å². The maximum absolute atomic E-state index is 11.8. The number of hydrogen-bond acceptors (Lipinski definition) is 4. The predicted molar refractivity (Wildman–Crippen MR) is 69.8 cm³/mol. The van der Waals surface area contributed by atoms with E-state index in [2.05, 4.69) is 15.5 Å². The van der Waals surface area contributed by atoms with Gasteiger partial charge in [0, 0.05) is 7.11 Å². The lowest BCUT2D eigenvalue weighted by molar-refractivity contribution is -0.116. The molecule has 0 radical (unpaired) electrons. The van der Waals surface area contributed by atoms with Crippen LogP contribution in [0, 0.1) is 6.92 Å². The Labute approximate surface area is 115 Å². The summed E-state index contributed by atoms with van der Waals surface area (Å²) >= 11 is 5.87. The van der Waals surface area contributed by atoms with E-state index in [1.165, 1.54) is 10.9 Å². The van der Waals surface area contributed by atoms with Gasteiger partial charge in [-0.1, -0.05) is 11.6 Å². The van der Waals surface area contributed by atoms with Gasteiger partial charge in [0.2, 0.25) is 5.91 Å². The smallest absolute Gasteiger partial charge is 0.246 e. The molecule has 2 rings (SSSR count). The van der Waals surface area contributed by atoms with Crippen molar-refractivity contribution in [3.05, 3.63) is 29.3 Å². The van der Waals surface area contributed by atoms with E-state index in [4.69, 9.17) is 16.3 Å². The lowest BCUT2D eigenvalue weighted by Crippen LogP contribution is -2.20. The summed E-state index contributed by atoms with van der Waals surface area (Å²) in [5.74, 6) is -0.195. The fourth-order valence-electron chi connectivity index (χ4n) is 1.55. The van der Waals surface area contributed by atoms with Crippen molar-refractivity contribution in [2.45, 2.75) is 20.2 Å². The Hall–Kier alpha value is -1.86. The number of hydrogen-bond donors (Lipinski definition) is 1. The maximum Gasteiger partial charge on any atom is 0.246 e. The Morgan fingerprint density at radius 1 is 1.47 bits per heavy atom. The van der Waals surface area contributed by atoms with Crippen molar-refractivity contribution >= 4 is 23.2 Å². The molecule has 0 saturated heterocycles. The first-order chi connectivity index (χ1) is 9.10. The molecule has 0 aromatic carbocycles. The van der Waals surface area contributed by atoms with Crippen LogP contribution in [0.5, 0.6) is 0 Å². The van der Waals surface area contributed by atoms with Gasteiger partial charge < -0.3 is 10.1 Å². The van der Waals surface area contributed by atoms with Crippen LogP contribution in [0.2, 0.25) is 5.02 Å². The van der Waals surface area contributed by atoms with Crippen LogP contribution in [0.4, 0.5) is 5.69 Å². The van der Waals surface area contributed by atoms with Gasteiger partial charge in [0.05, 0.1) is 35.0 Å². The molecule has 19 heavy (non-hydrogen) atoms. The molecule has 0 fully saturated rings. The molecule has 0 aliphatic heterocycles. The maximum atomic E-state index is 11.8. The van der Waals surface area contributed by atoms with Crippen LogP contribution < -0.4 is 5.32 Å². The number of rotatable bonds is 5. The summed E-state index contributed by atoms with van der Waals surface area (Å²) in [7, 11) is 1.57. The molecule has 0 unspecified atom stereocenters. The lowest BCUT2D eigenvalue weighted by atomic mass is 10.4. The van der Waals surface area contributed by atoms with Crippen LogP contribution in [0.1, 0.15) is 5.69 Å². The molecular formula is C11H14ClN5O2. The highest BCUT2D eigenvalue weighted by Crippen LogP contribution is 2.13. The molecule has 1 amide bonds. The SMILES string of the molecule is COCn1cc(NC(=O)Cn2ncc(Cl)c2C)cn1. The molecular weight excluding hydrogens is 270 g/mol. The fraction of sp³-hybridized carbons (Fsp3) is 0.364. The van der Waals surface area contributed by atoms with E-state index < -0.39 is 0 Å². The number of nitrogens with one attached hydrogen (secondary N) is 1. The molecule has 8 heteroatoms. The second kappa shape index (κ2) is 5.85. The minimum Gasteiger partial charge on any atom is -0.362 e. The number of nitrogens with zero attached hydrogens (tertiary/aromatic N) is 4. The molecule has 1 N–H and O–H groups in total. The second-order valence-electron chi connectivity index (χ2n) is 3.97. The van der Waals surface area contributed by atoms with Crippen molar-refractivity contribution in [1.82, 2.24) is 19.6 Å². The molecule has 2 aromatic heterocycles. The van der Waals surface area contributed by atoms with Crippen molar-refractivity contribution in [3.63, 3.8) is 0 Å². The summed E-state index contributed by atoms with van der Waals surface area (Å²) in [6.45, 7) is 2.25. The van der Waals surface area contributed by atoms with E-state index in [0.717, 1.165) is 5.69 Å². The van der Waals surface area contributed by atoms with E-state index in [0.29, 0.717) is 17.4 Å². The predicted octanol–water partition coefficient (Wildman–Crippen LogP) is 1.28. The summed E-state index contributed by atoms with van der Waals surface area (Å²) < 4.78 is 8.03. The van der Waals surface area contributed by atoms with Gasteiger partial charge in [-0.05, 0) is 6.92 Å². The highest BCUT2D eigenvalue weighted by atomic mass is 35.5. The van der Waals surface area contributed by atoms with E-state index in [1.807, 2.05) is 0 Å². The van der Waals surface area contributed by atoms with Crippen LogP contribution in [0.25, 0.3) is 0 Å². The summed E-state index contributed by atoms with van der Waals surface area (Å²) in [4.78, 5) is 11.8. The van der Waals surface area contributed by atoms with Gasteiger partial charge in [-0.3, -0.25) is 9.48 Å². The van der Waals surface area contributed by atoms with Gasteiger partial charge in [-0.15, -0.1) is 0 Å². The van der Waals surface area contributed by atoms with Crippen molar-refractivity contribution in [2.75, 3.05) is 12.4 Å². The fourth-order valence-corrected chi connectivity index (χ4v) is 1.69. The minimum absolute atomic E-state index is 0.105. The first kappa shape index (κ1) is 13.6. The van der Waals surface area contributed by atoms with E-state index in [1.54, 1.807) is 31.1 Å². The van der Waals surface area contributed by atoms with Gasteiger partial charge in [-0.2, -0.15) is 10.2 Å². The lowest BCUT2D eigenvalue weighted by Gasteiger charge is -2.04. The van der Waals surface area contributed by atoms with E-state index in [-0.39, 0.29) is 12.5 Å². The van der Waals surface area contributed by atoms with Gasteiger partial charge in [0.1, 0.15) is 13.3 Å². The number of amides is 1. The zero-order valence-electron chi connectivity index (χ0n) is 10.6. The van der Waals surface area contributed by atoms with E-state index >= 15 is 0 Å². The number of halogens is 1. The third-order valence-electron chi connectivity index (χ3n) is 2.52. The Balaban J connectivity index is 1.95. The average Bonchev–Trinajstić information content (AvgIpc) is 2.92. The highest BCUT2D eigenvalue weighted by molar-refractivity contribution is 6.31. The largest absolute Gasteiger partial charge is 0.362 e. The van der Waals surface area contributed by atoms with Crippen LogP contribution in [-0.4, -0.2) is 32.6 Å². The number of aromatic nitrogens is 4. The Morgan fingerprint density at radius 3 is 2.89 bits per heavy atom. The summed E-state index contributed by atoms with van der Waals surface area (Å²) in [6.07, 6.45) is 4.75.